The van der Waals surface area contributed by atoms with Crippen molar-refractivity contribution in [3.63, 3.8) is 0 Å². The SMILES string of the molecule is O=C(C=CN1C=CC2C(=O)C1C1C=CC2C1)c1ccc(Cl)cc1. The summed E-state index contributed by atoms with van der Waals surface area (Å²) >= 11 is 5.83. The predicted molar refractivity (Wildman–Crippen MR) is 88.9 cm³/mol. The maximum Gasteiger partial charge on any atom is 0.187 e. The average Bonchev–Trinajstić information content (AvgIpc) is 2.99. The van der Waals surface area contributed by atoms with Crippen molar-refractivity contribution in [3.05, 3.63) is 71.6 Å². The van der Waals surface area contributed by atoms with Gasteiger partial charge < -0.3 is 4.90 Å². The molecule has 3 nitrogen and oxygen atoms in total. The lowest BCUT2D eigenvalue weighted by atomic mass is 9.73. The molecule has 0 spiro atoms. The van der Waals surface area contributed by atoms with Crippen LogP contribution in [-0.2, 0) is 4.79 Å². The van der Waals surface area contributed by atoms with E-state index in [1.807, 2.05) is 17.2 Å². The molecule has 4 bridgehead atoms. The summed E-state index contributed by atoms with van der Waals surface area (Å²) in [6, 6.07) is 6.62. The Morgan fingerprint density at radius 2 is 1.87 bits per heavy atom. The molecule has 0 radical (unpaired) electrons. The van der Waals surface area contributed by atoms with Crippen LogP contribution in [0.25, 0.3) is 0 Å². The summed E-state index contributed by atoms with van der Waals surface area (Å²) < 4.78 is 0. The zero-order valence-corrected chi connectivity index (χ0v) is 13.2. The third kappa shape index (κ3) is 2.45. The molecule has 1 saturated carbocycles. The highest BCUT2D eigenvalue weighted by Crippen LogP contribution is 2.43. The number of nitrogens with zero attached hydrogens (tertiary/aromatic N) is 1. The van der Waals surface area contributed by atoms with E-state index in [1.54, 1.807) is 30.5 Å². The van der Waals surface area contributed by atoms with E-state index in [4.69, 9.17) is 11.6 Å². The summed E-state index contributed by atoms with van der Waals surface area (Å²) in [6.45, 7) is 0. The monoisotopic (exact) mass is 325 g/mol. The van der Waals surface area contributed by atoms with E-state index >= 15 is 0 Å². The first-order valence-corrected chi connectivity index (χ1v) is 8.17. The number of rotatable bonds is 3. The molecule has 1 aliphatic heterocycles. The normalized spacial score (nSPS) is 31.2. The van der Waals surface area contributed by atoms with Gasteiger partial charge in [0.15, 0.2) is 11.6 Å². The van der Waals surface area contributed by atoms with Crippen molar-refractivity contribution in [2.75, 3.05) is 0 Å². The van der Waals surface area contributed by atoms with E-state index < -0.39 is 0 Å². The van der Waals surface area contributed by atoms with E-state index in [1.165, 1.54) is 6.08 Å². The number of ketones is 2. The standard InChI is InChI=1S/C19H16ClNO2/c20-15-5-3-12(4-6-15)17(22)8-10-21-9-7-16-13-1-2-14(11-13)18(21)19(16)23/h1-10,13-14,16,18H,11H2. The number of benzene rings is 1. The summed E-state index contributed by atoms with van der Waals surface area (Å²) in [5, 5.41) is 0.603. The first-order chi connectivity index (χ1) is 11.1. The zero-order valence-electron chi connectivity index (χ0n) is 12.4. The minimum Gasteiger partial charge on any atom is -0.343 e. The van der Waals surface area contributed by atoms with Gasteiger partial charge >= 0.3 is 0 Å². The van der Waals surface area contributed by atoms with E-state index in [2.05, 4.69) is 12.2 Å². The van der Waals surface area contributed by atoms with Crippen LogP contribution in [-0.4, -0.2) is 22.5 Å². The second kappa shape index (κ2) is 5.50. The molecule has 1 fully saturated rings. The van der Waals surface area contributed by atoms with Gasteiger partial charge in [0.1, 0.15) is 0 Å². The molecule has 0 amide bonds. The number of hydrogen-bond donors (Lipinski definition) is 0. The Morgan fingerprint density at radius 3 is 2.65 bits per heavy atom. The Hall–Kier alpha value is -2.13. The number of fused-ring (bicyclic) bond motifs is 6. The molecule has 4 unspecified atom stereocenters. The van der Waals surface area contributed by atoms with Gasteiger partial charge in [-0.1, -0.05) is 29.8 Å². The van der Waals surface area contributed by atoms with Gasteiger partial charge in [-0.25, -0.2) is 0 Å². The van der Waals surface area contributed by atoms with Crippen LogP contribution >= 0.6 is 11.6 Å². The molecule has 2 aliphatic carbocycles. The van der Waals surface area contributed by atoms with Crippen molar-refractivity contribution in [2.45, 2.75) is 12.5 Å². The van der Waals surface area contributed by atoms with Crippen molar-refractivity contribution >= 4 is 23.2 Å². The van der Waals surface area contributed by atoms with E-state index in [0.29, 0.717) is 16.5 Å². The molecule has 4 rings (SSSR count). The minimum absolute atomic E-state index is 0.00613. The molecule has 23 heavy (non-hydrogen) atoms. The van der Waals surface area contributed by atoms with Gasteiger partial charge in [-0.3, -0.25) is 9.59 Å². The molecule has 4 atom stereocenters. The molecule has 1 aromatic carbocycles. The Kier molecular flexibility index (Phi) is 3.46. The fraction of sp³-hybridized carbons (Fsp3) is 0.263. The number of allylic oxidation sites excluding steroid dienone is 3. The molecule has 116 valence electrons. The average molecular weight is 326 g/mol. The third-order valence-corrected chi connectivity index (χ3v) is 5.20. The number of carbonyl (C=O) groups is 2. The van der Waals surface area contributed by atoms with Crippen LogP contribution in [0.2, 0.25) is 5.02 Å². The van der Waals surface area contributed by atoms with Crippen LogP contribution in [0.15, 0.2) is 61.0 Å². The maximum atomic E-state index is 12.6. The highest BCUT2D eigenvalue weighted by molar-refractivity contribution is 6.30. The molecule has 3 aliphatic rings. The first kappa shape index (κ1) is 14.5. The second-order valence-corrected chi connectivity index (χ2v) is 6.73. The first-order valence-electron chi connectivity index (χ1n) is 7.79. The van der Waals surface area contributed by atoms with Crippen LogP contribution in [0.5, 0.6) is 0 Å². The molecule has 4 heteroatoms. The summed E-state index contributed by atoms with van der Waals surface area (Å²) in [4.78, 5) is 26.7. The predicted octanol–water partition coefficient (Wildman–Crippen LogP) is 3.63. The number of carbonyl (C=O) groups excluding carboxylic acids is 2. The Bertz CT molecular complexity index is 747. The van der Waals surface area contributed by atoms with Crippen molar-refractivity contribution in [2.24, 2.45) is 17.8 Å². The lowest BCUT2D eigenvalue weighted by molar-refractivity contribution is -0.130. The van der Waals surface area contributed by atoms with Crippen LogP contribution in [0.4, 0.5) is 0 Å². The van der Waals surface area contributed by atoms with Crippen LogP contribution < -0.4 is 0 Å². The quantitative estimate of drug-likeness (QED) is 0.484. The Balaban J connectivity index is 1.55. The van der Waals surface area contributed by atoms with Crippen molar-refractivity contribution in [1.82, 2.24) is 4.90 Å². The largest absolute Gasteiger partial charge is 0.343 e. The summed E-state index contributed by atoms with van der Waals surface area (Å²) in [6.07, 6.45) is 12.5. The van der Waals surface area contributed by atoms with Gasteiger partial charge in [-0.2, -0.15) is 0 Å². The molecular formula is C19H16ClNO2. The number of Topliss-reactive ketones (excluding diaryl/α,β-unsaturated/α-hetero) is 1. The fourth-order valence-corrected chi connectivity index (χ4v) is 3.90. The topological polar surface area (TPSA) is 37.4 Å². The van der Waals surface area contributed by atoms with Crippen LogP contribution in [0.3, 0.4) is 0 Å². The van der Waals surface area contributed by atoms with Gasteiger partial charge in [0.05, 0.1) is 6.04 Å². The lowest BCUT2D eigenvalue weighted by Gasteiger charge is -2.41. The van der Waals surface area contributed by atoms with Gasteiger partial charge in [-0.15, -0.1) is 0 Å². The molecule has 0 saturated heterocycles. The van der Waals surface area contributed by atoms with Gasteiger partial charge in [0.2, 0.25) is 0 Å². The Labute approximate surface area is 139 Å². The van der Waals surface area contributed by atoms with Gasteiger partial charge in [0, 0.05) is 40.9 Å². The van der Waals surface area contributed by atoms with Crippen molar-refractivity contribution in [3.8, 4) is 0 Å². The minimum atomic E-state index is -0.172. The van der Waals surface area contributed by atoms with E-state index in [0.717, 1.165) is 6.42 Å². The van der Waals surface area contributed by atoms with E-state index in [-0.39, 0.29) is 29.4 Å². The maximum absolute atomic E-state index is 12.6. The lowest BCUT2D eigenvalue weighted by Crippen LogP contribution is -2.50. The van der Waals surface area contributed by atoms with E-state index in [9.17, 15) is 9.59 Å². The van der Waals surface area contributed by atoms with Gasteiger partial charge in [-0.05, 0) is 36.6 Å². The number of halogens is 1. The highest BCUT2D eigenvalue weighted by Gasteiger charge is 2.47. The Morgan fingerprint density at radius 1 is 1.13 bits per heavy atom. The zero-order chi connectivity index (χ0) is 16.0. The van der Waals surface area contributed by atoms with Crippen molar-refractivity contribution in [1.29, 1.82) is 0 Å². The molecule has 1 aromatic rings. The molecule has 0 N–H and O–H groups in total. The van der Waals surface area contributed by atoms with Crippen LogP contribution in [0.1, 0.15) is 16.8 Å². The third-order valence-electron chi connectivity index (χ3n) is 4.95. The molecule has 1 heterocycles. The van der Waals surface area contributed by atoms with Gasteiger partial charge in [0.25, 0.3) is 0 Å². The smallest absolute Gasteiger partial charge is 0.187 e. The summed E-state index contributed by atoms with van der Waals surface area (Å²) in [7, 11) is 0. The summed E-state index contributed by atoms with van der Waals surface area (Å²) in [5.74, 6) is 0.792. The number of hydrogen-bond acceptors (Lipinski definition) is 3. The van der Waals surface area contributed by atoms with Crippen LogP contribution in [0, 0.1) is 17.8 Å². The fourth-order valence-electron chi connectivity index (χ4n) is 3.77. The highest BCUT2D eigenvalue weighted by atomic mass is 35.5. The second-order valence-electron chi connectivity index (χ2n) is 6.30. The molecule has 0 aromatic heterocycles. The van der Waals surface area contributed by atoms with Crippen molar-refractivity contribution < 1.29 is 9.59 Å². The summed E-state index contributed by atoms with van der Waals surface area (Å²) in [5.41, 5.74) is 0.584. The molecular weight excluding hydrogens is 310 g/mol.